The molecule has 0 spiro atoms. The maximum absolute atomic E-state index is 9.01. The fourth-order valence-corrected chi connectivity index (χ4v) is 2.47. The van der Waals surface area contributed by atoms with Crippen molar-refractivity contribution >= 4 is 28.5 Å². The predicted molar refractivity (Wildman–Crippen MR) is 85.1 cm³/mol. The first-order valence-electron chi connectivity index (χ1n) is 6.63. The van der Waals surface area contributed by atoms with Crippen molar-refractivity contribution in [2.24, 2.45) is 0 Å². The van der Waals surface area contributed by atoms with Crippen LogP contribution in [0.15, 0.2) is 40.1 Å². The summed E-state index contributed by atoms with van der Waals surface area (Å²) in [6, 6.07) is 7.92. The first-order chi connectivity index (χ1) is 10.3. The van der Waals surface area contributed by atoms with Gasteiger partial charge in [-0.2, -0.15) is 5.26 Å². The number of benzene rings is 1. The van der Waals surface area contributed by atoms with Crippen molar-refractivity contribution in [2.75, 3.05) is 4.72 Å². The molecule has 2 heterocycles. The monoisotopic (exact) mass is 300 g/mol. The summed E-state index contributed by atoms with van der Waals surface area (Å²) in [4.78, 5) is 7.13. The molecule has 0 aliphatic rings. The molecule has 6 heteroatoms. The van der Waals surface area contributed by atoms with E-state index in [0.717, 1.165) is 16.6 Å². The number of nitrogens with zero attached hydrogens (tertiary/aromatic N) is 2. The van der Waals surface area contributed by atoms with Gasteiger partial charge in [0.1, 0.15) is 6.07 Å². The third-order valence-corrected chi connectivity index (χ3v) is 3.41. The molecule has 0 fully saturated rings. The number of H-pyrrole nitrogens is 1. The van der Waals surface area contributed by atoms with Crippen molar-refractivity contribution < 1.29 is 4.42 Å². The molecule has 0 atom stereocenters. The second-order valence-corrected chi connectivity index (χ2v) is 4.76. The van der Waals surface area contributed by atoms with Crippen LogP contribution < -0.4 is 4.72 Å². The summed E-state index contributed by atoms with van der Waals surface area (Å²) in [6.07, 6.45) is 3.38. The van der Waals surface area contributed by atoms with Gasteiger partial charge >= 0.3 is 0 Å². The Morgan fingerprint density at radius 2 is 2.19 bits per heavy atom. The highest BCUT2D eigenvalue weighted by molar-refractivity contribution is 8.00. The van der Waals surface area contributed by atoms with Crippen molar-refractivity contribution in [3.8, 4) is 6.07 Å². The molecule has 0 radical (unpaired) electrons. The summed E-state index contributed by atoms with van der Waals surface area (Å²) in [5, 5.41) is 10.6. The van der Waals surface area contributed by atoms with Crippen LogP contribution in [0.4, 0.5) is 5.69 Å². The van der Waals surface area contributed by atoms with Crippen LogP contribution in [-0.4, -0.2) is 9.97 Å². The van der Waals surface area contributed by atoms with E-state index >= 15 is 0 Å². The highest BCUT2D eigenvalue weighted by Crippen LogP contribution is 2.29. The summed E-state index contributed by atoms with van der Waals surface area (Å²) >= 11 is 1.34. The van der Waals surface area contributed by atoms with E-state index in [-0.39, 0.29) is 0 Å². The molecule has 3 rings (SSSR count). The summed E-state index contributed by atoms with van der Waals surface area (Å²) < 4.78 is 8.57. The lowest BCUT2D eigenvalue weighted by Crippen LogP contribution is -1.87. The van der Waals surface area contributed by atoms with E-state index in [9.17, 15) is 0 Å². The highest BCUT2D eigenvalue weighted by Gasteiger charge is 2.08. The standard InChI is InChI=1S/C13H10N4OS.C2H6/c1-8-15-7-12(18-8)19-17-11-4-2-3-10-9(5-14)6-16-13(10)11;1-2/h2-4,6-7,16-17H,1H3;1-2H3. The number of aromatic amines is 1. The van der Waals surface area contributed by atoms with Crippen LogP contribution in [-0.2, 0) is 0 Å². The van der Waals surface area contributed by atoms with Gasteiger partial charge in [0.15, 0.2) is 5.89 Å². The second-order valence-electron chi connectivity index (χ2n) is 3.94. The molecule has 108 valence electrons. The van der Waals surface area contributed by atoms with Gasteiger partial charge in [0.25, 0.3) is 0 Å². The molecular formula is C15H16N4OS. The zero-order valence-corrected chi connectivity index (χ0v) is 12.9. The van der Waals surface area contributed by atoms with Gasteiger partial charge in [0.2, 0.25) is 5.09 Å². The first kappa shape index (κ1) is 15.0. The van der Waals surface area contributed by atoms with E-state index < -0.39 is 0 Å². The third kappa shape index (κ3) is 3.20. The molecule has 2 aromatic heterocycles. The number of rotatable bonds is 3. The van der Waals surface area contributed by atoms with Crippen molar-refractivity contribution in [1.82, 2.24) is 9.97 Å². The number of aromatic nitrogens is 2. The molecule has 0 bridgehead atoms. The van der Waals surface area contributed by atoms with Gasteiger partial charge in [0.05, 0.1) is 23.0 Å². The average molecular weight is 300 g/mol. The molecule has 0 saturated carbocycles. The molecule has 0 aliphatic carbocycles. The van der Waals surface area contributed by atoms with Crippen LogP contribution in [0.5, 0.6) is 0 Å². The minimum Gasteiger partial charge on any atom is -0.433 e. The van der Waals surface area contributed by atoms with Crippen LogP contribution in [0.1, 0.15) is 25.3 Å². The third-order valence-electron chi connectivity index (χ3n) is 2.70. The van der Waals surface area contributed by atoms with Gasteiger partial charge in [-0.1, -0.05) is 26.0 Å². The van der Waals surface area contributed by atoms with Crippen molar-refractivity contribution in [3.63, 3.8) is 0 Å². The van der Waals surface area contributed by atoms with E-state index in [1.165, 1.54) is 11.9 Å². The molecule has 0 unspecified atom stereocenters. The Kier molecular flexibility index (Phi) is 4.90. The Hall–Kier alpha value is -2.39. The van der Waals surface area contributed by atoms with Gasteiger partial charge < -0.3 is 14.1 Å². The number of oxazole rings is 1. The van der Waals surface area contributed by atoms with Crippen LogP contribution in [0, 0.1) is 18.3 Å². The zero-order valence-electron chi connectivity index (χ0n) is 12.1. The molecular weight excluding hydrogens is 284 g/mol. The maximum Gasteiger partial charge on any atom is 0.201 e. The normalized spacial score (nSPS) is 9.81. The number of para-hydroxylation sites is 1. The van der Waals surface area contributed by atoms with Gasteiger partial charge in [-0.3, -0.25) is 0 Å². The Balaban J connectivity index is 0.000000774. The Bertz CT molecular complexity index is 769. The molecule has 0 saturated heterocycles. The topological polar surface area (TPSA) is 77.6 Å². The quantitative estimate of drug-likeness (QED) is 0.697. The van der Waals surface area contributed by atoms with E-state index in [4.69, 9.17) is 9.68 Å². The maximum atomic E-state index is 9.01. The number of hydrogen-bond acceptors (Lipinski definition) is 5. The SMILES string of the molecule is CC.Cc1ncc(SNc2cccc3c(C#N)c[nH]c23)o1. The molecule has 2 N–H and O–H groups in total. The fourth-order valence-electron chi connectivity index (χ4n) is 1.83. The molecule has 5 nitrogen and oxygen atoms in total. The van der Waals surface area contributed by atoms with Crippen molar-refractivity contribution in [2.45, 2.75) is 25.9 Å². The minimum atomic E-state index is 0.633. The Labute approximate surface area is 127 Å². The Morgan fingerprint density at radius 1 is 1.38 bits per heavy atom. The van der Waals surface area contributed by atoms with Crippen molar-refractivity contribution in [3.05, 3.63) is 42.0 Å². The summed E-state index contributed by atoms with van der Waals surface area (Å²) in [5.41, 5.74) is 2.44. The van der Waals surface area contributed by atoms with Crippen molar-refractivity contribution in [1.29, 1.82) is 5.26 Å². The van der Waals surface area contributed by atoms with Gasteiger partial charge in [0, 0.05) is 30.5 Å². The molecule has 21 heavy (non-hydrogen) atoms. The molecule has 0 amide bonds. The number of hydrogen-bond donors (Lipinski definition) is 2. The summed E-state index contributed by atoms with van der Waals surface area (Å²) in [7, 11) is 0. The van der Waals surface area contributed by atoms with Gasteiger partial charge in [-0.15, -0.1) is 0 Å². The number of aryl methyl sites for hydroxylation is 1. The summed E-state index contributed by atoms with van der Waals surface area (Å²) in [5.74, 6) is 0.633. The smallest absolute Gasteiger partial charge is 0.201 e. The predicted octanol–water partition coefficient (Wildman–Crippen LogP) is 4.48. The zero-order chi connectivity index (χ0) is 15.2. The lowest BCUT2D eigenvalue weighted by Gasteiger charge is -2.04. The first-order valence-corrected chi connectivity index (χ1v) is 7.45. The van der Waals surface area contributed by atoms with Crippen LogP contribution in [0.2, 0.25) is 0 Å². The second kappa shape index (κ2) is 6.86. The lowest BCUT2D eigenvalue weighted by atomic mass is 10.2. The minimum absolute atomic E-state index is 0.633. The fraction of sp³-hybridized carbons (Fsp3) is 0.200. The number of fused-ring (bicyclic) bond motifs is 1. The lowest BCUT2D eigenvalue weighted by molar-refractivity contribution is 0.442. The van der Waals surface area contributed by atoms with Gasteiger partial charge in [-0.25, -0.2) is 4.98 Å². The van der Waals surface area contributed by atoms with Crippen LogP contribution >= 0.6 is 11.9 Å². The van der Waals surface area contributed by atoms with E-state index in [2.05, 4.69) is 20.8 Å². The molecule has 3 aromatic rings. The average Bonchev–Trinajstić information content (AvgIpc) is 3.13. The van der Waals surface area contributed by atoms with Crippen LogP contribution in [0.3, 0.4) is 0 Å². The number of anilines is 1. The van der Waals surface area contributed by atoms with E-state index in [1.54, 1.807) is 19.3 Å². The summed E-state index contributed by atoms with van der Waals surface area (Å²) in [6.45, 7) is 5.80. The van der Waals surface area contributed by atoms with E-state index in [1.807, 2.05) is 32.0 Å². The Morgan fingerprint density at radius 3 is 2.86 bits per heavy atom. The number of nitriles is 1. The molecule has 0 aliphatic heterocycles. The largest absolute Gasteiger partial charge is 0.433 e. The van der Waals surface area contributed by atoms with E-state index in [0.29, 0.717) is 16.5 Å². The highest BCUT2D eigenvalue weighted by atomic mass is 32.2. The molecule has 1 aromatic carbocycles. The number of nitrogens with one attached hydrogen (secondary N) is 2. The van der Waals surface area contributed by atoms with Crippen LogP contribution in [0.25, 0.3) is 10.9 Å². The van der Waals surface area contributed by atoms with Gasteiger partial charge in [-0.05, 0) is 6.07 Å².